The van der Waals surface area contributed by atoms with Crippen LogP contribution in [0.15, 0.2) is 70.1 Å². The Balaban J connectivity index is 1.52. The molecule has 0 saturated carbocycles. The van der Waals surface area contributed by atoms with E-state index in [0.717, 1.165) is 11.5 Å². The average molecular weight is 423 g/mol. The van der Waals surface area contributed by atoms with E-state index in [1.54, 1.807) is 0 Å². The van der Waals surface area contributed by atoms with Crippen LogP contribution in [0.2, 0.25) is 0 Å². The standard InChI is InChI=1S/C20H26N2S4/c1-5-17-13-23-9-3-11-25-15-19-7-2-8-20(22-19)16-26-12-4-10-24-14-18(6-1)21-17/h1-2,5-8,13,16,21-22H,3-4,9-12,14-15H2/b17-13-,20-16-. The van der Waals surface area contributed by atoms with Crippen molar-refractivity contribution in [2.45, 2.75) is 12.8 Å². The van der Waals surface area contributed by atoms with Crippen molar-refractivity contribution < 1.29 is 0 Å². The highest BCUT2D eigenvalue weighted by Gasteiger charge is 2.05. The van der Waals surface area contributed by atoms with Crippen molar-refractivity contribution in [1.82, 2.24) is 10.6 Å². The Morgan fingerprint density at radius 2 is 1.15 bits per heavy atom. The number of allylic oxidation sites excluding steroid dienone is 6. The second-order valence-electron chi connectivity index (χ2n) is 6.05. The first kappa shape index (κ1) is 20.2. The Labute approximate surface area is 174 Å². The van der Waals surface area contributed by atoms with Gasteiger partial charge in [-0.3, -0.25) is 0 Å². The van der Waals surface area contributed by atoms with Gasteiger partial charge in [-0.2, -0.15) is 23.5 Å². The van der Waals surface area contributed by atoms with Gasteiger partial charge in [0.2, 0.25) is 0 Å². The monoisotopic (exact) mass is 422 g/mol. The highest BCUT2D eigenvalue weighted by atomic mass is 32.2. The zero-order valence-corrected chi connectivity index (χ0v) is 18.2. The van der Waals surface area contributed by atoms with Crippen LogP contribution in [0.3, 0.4) is 0 Å². The molecule has 140 valence electrons. The quantitative estimate of drug-likeness (QED) is 0.536. The number of hydrogen-bond acceptors (Lipinski definition) is 6. The van der Waals surface area contributed by atoms with E-state index in [-0.39, 0.29) is 0 Å². The molecule has 0 unspecified atom stereocenters. The molecule has 4 bridgehead atoms. The molecule has 0 aliphatic carbocycles. The summed E-state index contributed by atoms with van der Waals surface area (Å²) >= 11 is 7.86. The molecule has 3 aliphatic rings. The van der Waals surface area contributed by atoms with Crippen LogP contribution in [-0.2, 0) is 0 Å². The molecular weight excluding hydrogens is 397 g/mol. The third kappa shape index (κ3) is 7.59. The molecule has 0 saturated heterocycles. The summed E-state index contributed by atoms with van der Waals surface area (Å²) < 4.78 is 0. The van der Waals surface area contributed by atoms with Crippen molar-refractivity contribution in [3.8, 4) is 0 Å². The normalized spacial score (nSPS) is 26.8. The van der Waals surface area contributed by atoms with Crippen molar-refractivity contribution in [3.63, 3.8) is 0 Å². The number of thioether (sulfide) groups is 4. The van der Waals surface area contributed by atoms with Crippen molar-refractivity contribution in [2.24, 2.45) is 0 Å². The van der Waals surface area contributed by atoms with Gasteiger partial charge in [0.05, 0.1) is 0 Å². The van der Waals surface area contributed by atoms with Crippen LogP contribution in [0, 0.1) is 0 Å². The number of rotatable bonds is 0. The Bertz CT molecular complexity index is 588. The van der Waals surface area contributed by atoms with E-state index in [2.05, 4.69) is 57.9 Å². The van der Waals surface area contributed by atoms with Gasteiger partial charge in [0.1, 0.15) is 0 Å². The van der Waals surface area contributed by atoms with E-state index >= 15 is 0 Å². The zero-order chi connectivity index (χ0) is 17.9. The van der Waals surface area contributed by atoms with Gasteiger partial charge in [-0.25, -0.2) is 0 Å². The van der Waals surface area contributed by atoms with Crippen LogP contribution in [0.5, 0.6) is 0 Å². The summed E-state index contributed by atoms with van der Waals surface area (Å²) in [5.41, 5.74) is 5.10. The molecule has 2 N–H and O–H groups in total. The zero-order valence-electron chi connectivity index (χ0n) is 14.9. The van der Waals surface area contributed by atoms with E-state index in [4.69, 9.17) is 0 Å². The van der Waals surface area contributed by atoms with Crippen LogP contribution in [0.1, 0.15) is 12.8 Å². The van der Waals surface area contributed by atoms with Gasteiger partial charge in [0.25, 0.3) is 0 Å². The second-order valence-corrected chi connectivity index (χ2v) is 10.2. The van der Waals surface area contributed by atoms with E-state index in [0.29, 0.717) is 0 Å². The Hall–Kier alpha value is -0.560. The van der Waals surface area contributed by atoms with E-state index in [1.807, 2.05) is 47.0 Å². The molecule has 0 spiro atoms. The van der Waals surface area contributed by atoms with Gasteiger partial charge < -0.3 is 10.6 Å². The summed E-state index contributed by atoms with van der Waals surface area (Å²) in [6.07, 6.45) is 15.5. The van der Waals surface area contributed by atoms with Crippen molar-refractivity contribution in [3.05, 3.63) is 70.1 Å². The van der Waals surface area contributed by atoms with Gasteiger partial charge in [-0.1, -0.05) is 12.2 Å². The average Bonchev–Trinajstić information content (AvgIpc) is 2.66. The fraction of sp³-hybridized carbons (Fsp3) is 0.400. The van der Waals surface area contributed by atoms with Gasteiger partial charge in [0.15, 0.2) is 0 Å². The second kappa shape index (κ2) is 12.0. The van der Waals surface area contributed by atoms with Crippen molar-refractivity contribution in [1.29, 1.82) is 0 Å². The summed E-state index contributed by atoms with van der Waals surface area (Å²) in [6.45, 7) is 0. The fourth-order valence-electron chi connectivity index (χ4n) is 2.53. The highest BCUT2D eigenvalue weighted by molar-refractivity contribution is 8.02. The predicted molar refractivity (Wildman–Crippen MR) is 126 cm³/mol. The molecule has 2 nitrogen and oxygen atoms in total. The number of nitrogens with one attached hydrogen (secondary N) is 2. The van der Waals surface area contributed by atoms with Crippen LogP contribution >= 0.6 is 47.0 Å². The summed E-state index contributed by atoms with van der Waals surface area (Å²) in [5, 5.41) is 11.6. The molecule has 0 atom stereocenters. The minimum atomic E-state index is 1.06. The summed E-state index contributed by atoms with van der Waals surface area (Å²) in [6, 6.07) is 0. The smallest absolute Gasteiger partial charge is 0.0446 e. The lowest BCUT2D eigenvalue weighted by Gasteiger charge is -2.16. The third-order valence-corrected chi connectivity index (χ3v) is 7.87. The lowest BCUT2D eigenvalue weighted by molar-refractivity contribution is 0.996. The highest BCUT2D eigenvalue weighted by Crippen LogP contribution is 2.20. The van der Waals surface area contributed by atoms with Crippen LogP contribution in [0.25, 0.3) is 0 Å². The first-order valence-corrected chi connectivity index (χ1v) is 13.4. The van der Waals surface area contributed by atoms with Crippen LogP contribution in [-0.4, -0.2) is 34.5 Å². The first-order valence-electron chi connectivity index (χ1n) is 8.98. The molecule has 0 aromatic rings. The molecule has 3 heterocycles. The van der Waals surface area contributed by atoms with Gasteiger partial charge in [-0.05, 0) is 71.0 Å². The van der Waals surface area contributed by atoms with Crippen LogP contribution in [0.4, 0.5) is 0 Å². The van der Waals surface area contributed by atoms with E-state index in [1.165, 1.54) is 58.6 Å². The summed E-state index contributed by atoms with van der Waals surface area (Å²) in [7, 11) is 0. The summed E-state index contributed by atoms with van der Waals surface area (Å²) in [4.78, 5) is 0. The number of dihydropyridines is 2. The molecule has 0 amide bonds. The molecule has 6 heteroatoms. The predicted octanol–water partition coefficient (Wildman–Crippen LogP) is 5.48. The molecule has 3 rings (SSSR count). The maximum atomic E-state index is 3.55. The van der Waals surface area contributed by atoms with Gasteiger partial charge >= 0.3 is 0 Å². The third-order valence-electron chi connectivity index (χ3n) is 3.79. The Morgan fingerprint density at radius 1 is 0.654 bits per heavy atom. The number of hydrogen-bond donors (Lipinski definition) is 2. The van der Waals surface area contributed by atoms with Gasteiger partial charge in [0, 0.05) is 34.3 Å². The summed E-state index contributed by atoms with van der Waals surface area (Å²) in [5.74, 6) is 6.89. The molecule has 26 heavy (non-hydrogen) atoms. The molecular formula is C20H26N2S4. The maximum Gasteiger partial charge on any atom is 0.0446 e. The van der Waals surface area contributed by atoms with E-state index < -0.39 is 0 Å². The molecule has 0 fully saturated rings. The molecule has 0 aromatic carbocycles. The molecule has 0 radical (unpaired) electrons. The Kier molecular flexibility index (Phi) is 9.32. The largest absolute Gasteiger partial charge is 0.358 e. The first-order chi connectivity index (χ1) is 12.9. The van der Waals surface area contributed by atoms with Gasteiger partial charge in [-0.15, -0.1) is 23.5 Å². The molecule has 0 aromatic heterocycles. The number of fused-ring (bicyclic) bond motifs is 4. The minimum Gasteiger partial charge on any atom is -0.358 e. The lowest BCUT2D eigenvalue weighted by Crippen LogP contribution is -2.16. The van der Waals surface area contributed by atoms with Crippen LogP contribution < -0.4 is 10.6 Å². The van der Waals surface area contributed by atoms with Crippen molar-refractivity contribution in [2.75, 3.05) is 34.5 Å². The topological polar surface area (TPSA) is 24.1 Å². The Morgan fingerprint density at radius 3 is 1.65 bits per heavy atom. The fourth-order valence-corrected chi connectivity index (χ4v) is 6.15. The maximum absolute atomic E-state index is 3.55. The molecule has 3 aliphatic heterocycles. The van der Waals surface area contributed by atoms with E-state index in [9.17, 15) is 0 Å². The lowest BCUT2D eigenvalue weighted by atomic mass is 10.3. The van der Waals surface area contributed by atoms with Crippen molar-refractivity contribution >= 4 is 47.0 Å². The minimum absolute atomic E-state index is 1.06. The SMILES string of the molecule is C1=C/C2=C/SCCCSCC3=CC=C/C(=C/SCCCSCC(=C1)N2)N3.